The van der Waals surface area contributed by atoms with Crippen LogP contribution in [0.5, 0.6) is 0 Å². The van der Waals surface area contributed by atoms with Gasteiger partial charge in [-0.25, -0.2) is 9.97 Å². The molecule has 1 fully saturated rings. The van der Waals surface area contributed by atoms with E-state index in [1.807, 2.05) is 30.3 Å². The number of hydrogen-bond acceptors (Lipinski definition) is 5. The molecule has 4 rings (SSSR count). The maximum absolute atomic E-state index is 12.6. The molecule has 2 aromatic heterocycles. The van der Waals surface area contributed by atoms with Crippen LogP contribution >= 0.6 is 0 Å². The first-order valence-corrected chi connectivity index (χ1v) is 9.52. The van der Waals surface area contributed by atoms with E-state index in [-0.39, 0.29) is 17.7 Å². The zero-order valence-electron chi connectivity index (χ0n) is 16.1. The average molecular weight is 387 g/mol. The third-order valence-electron chi connectivity index (χ3n) is 5.00. The summed E-state index contributed by atoms with van der Waals surface area (Å²) in [5.41, 5.74) is 2.23. The summed E-state index contributed by atoms with van der Waals surface area (Å²) < 4.78 is 0. The van der Waals surface area contributed by atoms with Crippen molar-refractivity contribution in [1.82, 2.24) is 19.9 Å². The molecule has 3 aromatic rings. The van der Waals surface area contributed by atoms with Gasteiger partial charge in [-0.05, 0) is 37.6 Å². The largest absolute Gasteiger partial charge is 0.337 e. The number of rotatable bonds is 4. The van der Waals surface area contributed by atoms with E-state index >= 15 is 0 Å². The van der Waals surface area contributed by atoms with Crippen LogP contribution in [0.15, 0.2) is 60.9 Å². The number of aromatic nitrogens is 3. The van der Waals surface area contributed by atoms with Crippen molar-refractivity contribution in [2.24, 2.45) is 0 Å². The third kappa shape index (κ3) is 4.13. The molecule has 0 aliphatic carbocycles. The lowest BCUT2D eigenvalue weighted by Crippen LogP contribution is -2.29. The van der Waals surface area contributed by atoms with Gasteiger partial charge in [0, 0.05) is 37.1 Å². The Kier molecular flexibility index (Phi) is 5.29. The van der Waals surface area contributed by atoms with E-state index in [2.05, 4.69) is 20.3 Å². The van der Waals surface area contributed by atoms with Crippen LogP contribution in [-0.2, 0) is 0 Å². The Morgan fingerprint density at radius 1 is 1.07 bits per heavy atom. The molecule has 1 aromatic carbocycles. The van der Waals surface area contributed by atoms with Crippen LogP contribution in [0.3, 0.4) is 0 Å². The SMILES string of the molecule is Cc1nc([C@@H]2CCN(C(=O)c3ccccn3)C2)ncc1C(=O)Nc1ccccc1. The van der Waals surface area contributed by atoms with Crippen LogP contribution in [-0.4, -0.2) is 44.8 Å². The molecule has 0 spiro atoms. The van der Waals surface area contributed by atoms with E-state index in [0.29, 0.717) is 35.9 Å². The average Bonchev–Trinajstić information content (AvgIpc) is 3.24. The number of nitrogens with one attached hydrogen (secondary N) is 1. The molecule has 0 radical (unpaired) electrons. The number of amides is 2. The number of nitrogens with zero attached hydrogens (tertiary/aromatic N) is 4. The molecular formula is C22H21N5O2. The molecule has 0 saturated carbocycles. The minimum absolute atomic E-state index is 0.0487. The summed E-state index contributed by atoms with van der Waals surface area (Å²) in [6.07, 6.45) is 3.97. The molecule has 1 atom stereocenters. The van der Waals surface area contributed by atoms with Crippen molar-refractivity contribution in [3.8, 4) is 0 Å². The normalized spacial score (nSPS) is 15.9. The predicted octanol–water partition coefficient (Wildman–Crippen LogP) is 3.06. The van der Waals surface area contributed by atoms with E-state index in [1.165, 1.54) is 0 Å². The number of likely N-dealkylation sites (tertiary alicyclic amines) is 1. The highest BCUT2D eigenvalue weighted by molar-refractivity contribution is 6.04. The molecular weight excluding hydrogens is 366 g/mol. The van der Waals surface area contributed by atoms with E-state index in [9.17, 15) is 9.59 Å². The Balaban J connectivity index is 1.44. The van der Waals surface area contributed by atoms with Gasteiger partial charge < -0.3 is 10.2 Å². The summed E-state index contributed by atoms with van der Waals surface area (Å²) in [7, 11) is 0. The highest BCUT2D eigenvalue weighted by atomic mass is 16.2. The van der Waals surface area contributed by atoms with Crippen molar-refractivity contribution in [3.05, 3.63) is 83.7 Å². The van der Waals surface area contributed by atoms with Gasteiger partial charge in [0.05, 0.1) is 11.3 Å². The van der Waals surface area contributed by atoms with Crippen LogP contribution < -0.4 is 5.32 Å². The Hall–Kier alpha value is -3.61. The van der Waals surface area contributed by atoms with Crippen molar-refractivity contribution in [2.75, 3.05) is 18.4 Å². The van der Waals surface area contributed by atoms with Crippen molar-refractivity contribution in [2.45, 2.75) is 19.3 Å². The molecule has 1 aliphatic heterocycles. The van der Waals surface area contributed by atoms with Gasteiger partial charge in [-0.1, -0.05) is 24.3 Å². The van der Waals surface area contributed by atoms with Gasteiger partial charge in [0.25, 0.3) is 11.8 Å². The van der Waals surface area contributed by atoms with Crippen LogP contribution in [0.4, 0.5) is 5.69 Å². The summed E-state index contributed by atoms with van der Waals surface area (Å²) in [6.45, 7) is 2.99. The van der Waals surface area contributed by atoms with Crippen LogP contribution in [0.25, 0.3) is 0 Å². The molecule has 1 N–H and O–H groups in total. The van der Waals surface area contributed by atoms with Crippen LogP contribution in [0.2, 0.25) is 0 Å². The number of benzene rings is 1. The number of pyridine rings is 1. The molecule has 1 saturated heterocycles. The molecule has 0 unspecified atom stereocenters. The lowest BCUT2D eigenvalue weighted by atomic mass is 10.1. The lowest BCUT2D eigenvalue weighted by molar-refractivity contribution is 0.0784. The summed E-state index contributed by atoms with van der Waals surface area (Å²) in [5.74, 6) is 0.394. The van der Waals surface area contributed by atoms with Gasteiger partial charge in [0.15, 0.2) is 0 Å². The Morgan fingerprint density at radius 2 is 1.86 bits per heavy atom. The van der Waals surface area contributed by atoms with Gasteiger partial charge in [-0.15, -0.1) is 0 Å². The first kappa shape index (κ1) is 18.7. The molecule has 0 bridgehead atoms. The topological polar surface area (TPSA) is 88.1 Å². The fourth-order valence-corrected chi connectivity index (χ4v) is 3.43. The minimum atomic E-state index is -0.237. The Bertz CT molecular complexity index is 1020. The Labute approximate surface area is 168 Å². The standard InChI is InChI=1S/C22H21N5O2/c1-15-18(21(28)26-17-7-3-2-4-8-17)13-24-20(25-15)16-10-12-27(14-16)22(29)19-9-5-6-11-23-19/h2-9,11,13,16H,10,12,14H2,1H3,(H,26,28)/t16-/m1/s1. The Morgan fingerprint density at radius 3 is 2.59 bits per heavy atom. The first-order chi connectivity index (χ1) is 14.1. The number of carbonyl (C=O) groups is 2. The molecule has 7 heteroatoms. The first-order valence-electron chi connectivity index (χ1n) is 9.52. The van der Waals surface area contributed by atoms with Crippen molar-refractivity contribution < 1.29 is 9.59 Å². The minimum Gasteiger partial charge on any atom is -0.337 e. The van der Waals surface area contributed by atoms with Crippen molar-refractivity contribution >= 4 is 17.5 Å². The van der Waals surface area contributed by atoms with Gasteiger partial charge in [-0.3, -0.25) is 14.6 Å². The molecule has 146 valence electrons. The maximum atomic E-state index is 12.6. The van der Waals surface area contributed by atoms with Crippen molar-refractivity contribution in [1.29, 1.82) is 0 Å². The van der Waals surface area contributed by atoms with Gasteiger partial charge in [0.2, 0.25) is 0 Å². The maximum Gasteiger partial charge on any atom is 0.272 e. The summed E-state index contributed by atoms with van der Waals surface area (Å²) in [5, 5.41) is 2.85. The van der Waals surface area contributed by atoms with E-state index in [1.54, 1.807) is 42.4 Å². The summed E-state index contributed by atoms with van der Waals surface area (Å²) >= 11 is 0. The van der Waals surface area contributed by atoms with Crippen molar-refractivity contribution in [3.63, 3.8) is 0 Å². The van der Waals surface area contributed by atoms with E-state index in [4.69, 9.17) is 0 Å². The predicted molar refractivity (Wildman–Crippen MR) is 109 cm³/mol. The quantitative estimate of drug-likeness (QED) is 0.743. The zero-order chi connectivity index (χ0) is 20.2. The smallest absolute Gasteiger partial charge is 0.272 e. The number of aryl methyl sites for hydroxylation is 1. The highest BCUT2D eigenvalue weighted by Gasteiger charge is 2.30. The van der Waals surface area contributed by atoms with Gasteiger partial charge in [0.1, 0.15) is 11.5 Å². The fraction of sp³-hybridized carbons (Fsp3) is 0.227. The second-order valence-electron chi connectivity index (χ2n) is 7.00. The number of carbonyl (C=O) groups excluding carboxylic acids is 2. The van der Waals surface area contributed by atoms with Gasteiger partial charge >= 0.3 is 0 Å². The molecule has 2 amide bonds. The van der Waals surface area contributed by atoms with E-state index in [0.717, 1.165) is 12.1 Å². The second kappa shape index (κ2) is 8.18. The number of para-hydroxylation sites is 1. The number of hydrogen-bond donors (Lipinski definition) is 1. The molecule has 3 heterocycles. The molecule has 7 nitrogen and oxygen atoms in total. The van der Waals surface area contributed by atoms with Gasteiger partial charge in [-0.2, -0.15) is 0 Å². The lowest BCUT2D eigenvalue weighted by Gasteiger charge is -2.16. The monoisotopic (exact) mass is 387 g/mol. The highest BCUT2D eigenvalue weighted by Crippen LogP contribution is 2.26. The summed E-state index contributed by atoms with van der Waals surface area (Å²) in [6, 6.07) is 14.6. The van der Waals surface area contributed by atoms with Crippen LogP contribution in [0.1, 0.15) is 44.7 Å². The number of anilines is 1. The molecule has 1 aliphatic rings. The van der Waals surface area contributed by atoms with E-state index < -0.39 is 0 Å². The zero-order valence-corrected chi connectivity index (χ0v) is 16.1. The molecule has 29 heavy (non-hydrogen) atoms. The second-order valence-corrected chi connectivity index (χ2v) is 7.00. The summed E-state index contributed by atoms with van der Waals surface area (Å²) in [4.78, 5) is 40.0. The van der Waals surface area contributed by atoms with Crippen LogP contribution in [0, 0.1) is 6.92 Å². The third-order valence-corrected chi connectivity index (χ3v) is 5.00. The fourth-order valence-electron chi connectivity index (χ4n) is 3.43.